The number of rotatable bonds is 7. The van der Waals surface area contributed by atoms with Crippen molar-refractivity contribution in [1.82, 2.24) is 14.8 Å². The van der Waals surface area contributed by atoms with Crippen LogP contribution in [0, 0.1) is 5.92 Å². The van der Waals surface area contributed by atoms with Crippen molar-refractivity contribution in [3.05, 3.63) is 35.9 Å². The minimum Gasteiger partial charge on any atom is -0.497 e. The molecule has 1 aromatic heterocycles. The standard InChI is InChI=1S/C17H23N3O4S/c1-23-9-7-16-18-17(11-13-8-10-25(21,22)12-13)20(19-16)14-3-5-15(24-2)6-4-14/h3-6,13H,7-12H2,1-2H3. The van der Waals surface area contributed by atoms with Crippen molar-refractivity contribution in [3.63, 3.8) is 0 Å². The molecule has 7 nitrogen and oxygen atoms in total. The van der Waals surface area contributed by atoms with E-state index in [1.807, 2.05) is 24.3 Å². The second-order valence-corrected chi connectivity index (χ2v) is 8.50. The molecule has 8 heteroatoms. The first-order valence-corrected chi connectivity index (χ1v) is 10.1. The third kappa shape index (κ3) is 4.38. The maximum Gasteiger partial charge on any atom is 0.153 e. The molecule has 3 rings (SSSR count). The van der Waals surface area contributed by atoms with Gasteiger partial charge in [0.2, 0.25) is 0 Å². The van der Waals surface area contributed by atoms with Crippen LogP contribution in [0.2, 0.25) is 0 Å². The van der Waals surface area contributed by atoms with Crippen LogP contribution in [-0.2, 0) is 27.4 Å². The maximum absolute atomic E-state index is 11.7. The molecule has 0 spiro atoms. The molecule has 2 aromatic rings. The van der Waals surface area contributed by atoms with Gasteiger partial charge in [-0.2, -0.15) is 5.10 Å². The van der Waals surface area contributed by atoms with Crippen molar-refractivity contribution in [2.75, 3.05) is 32.3 Å². The zero-order chi connectivity index (χ0) is 17.9. The van der Waals surface area contributed by atoms with Gasteiger partial charge in [0.1, 0.15) is 11.6 Å². The fraction of sp³-hybridized carbons (Fsp3) is 0.529. The molecule has 0 N–H and O–H groups in total. The summed E-state index contributed by atoms with van der Waals surface area (Å²) in [5.74, 6) is 2.86. The summed E-state index contributed by atoms with van der Waals surface area (Å²) in [4.78, 5) is 4.62. The second kappa shape index (κ2) is 7.53. The lowest BCUT2D eigenvalue weighted by atomic mass is 10.1. The van der Waals surface area contributed by atoms with Gasteiger partial charge in [-0.15, -0.1) is 0 Å². The number of methoxy groups -OCH3 is 2. The van der Waals surface area contributed by atoms with Gasteiger partial charge < -0.3 is 9.47 Å². The highest BCUT2D eigenvalue weighted by Gasteiger charge is 2.29. The summed E-state index contributed by atoms with van der Waals surface area (Å²) in [6.45, 7) is 0.546. The van der Waals surface area contributed by atoms with Gasteiger partial charge in [-0.3, -0.25) is 0 Å². The van der Waals surface area contributed by atoms with Crippen LogP contribution in [-0.4, -0.2) is 55.5 Å². The quantitative estimate of drug-likeness (QED) is 0.738. The highest BCUT2D eigenvalue weighted by molar-refractivity contribution is 7.91. The monoisotopic (exact) mass is 365 g/mol. The molecule has 1 fully saturated rings. The molecule has 2 heterocycles. The second-order valence-electron chi connectivity index (χ2n) is 6.27. The lowest BCUT2D eigenvalue weighted by Gasteiger charge is -2.09. The van der Waals surface area contributed by atoms with Gasteiger partial charge in [0.15, 0.2) is 15.7 Å². The first kappa shape index (κ1) is 17.9. The Morgan fingerprint density at radius 1 is 1.24 bits per heavy atom. The number of aromatic nitrogens is 3. The Balaban J connectivity index is 1.87. The van der Waals surface area contributed by atoms with Gasteiger partial charge in [0, 0.05) is 20.0 Å². The van der Waals surface area contributed by atoms with Crippen LogP contribution >= 0.6 is 0 Å². The summed E-state index contributed by atoms with van der Waals surface area (Å²) in [6.07, 6.45) is 1.91. The Bertz CT molecular complexity index is 815. The molecule has 25 heavy (non-hydrogen) atoms. The predicted molar refractivity (Wildman–Crippen MR) is 94.0 cm³/mol. The molecule has 1 saturated heterocycles. The van der Waals surface area contributed by atoms with Crippen molar-refractivity contribution in [2.45, 2.75) is 19.3 Å². The average molecular weight is 365 g/mol. The molecular formula is C17H23N3O4S. The minimum absolute atomic E-state index is 0.0986. The van der Waals surface area contributed by atoms with E-state index in [0.29, 0.717) is 31.7 Å². The summed E-state index contributed by atoms with van der Waals surface area (Å²) >= 11 is 0. The highest BCUT2D eigenvalue weighted by atomic mass is 32.2. The molecule has 1 aliphatic rings. The minimum atomic E-state index is -2.90. The van der Waals surface area contributed by atoms with E-state index in [1.54, 1.807) is 18.9 Å². The summed E-state index contributed by atoms with van der Waals surface area (Å²) in [6, 6.07) is 7.58. The average Bonchev–Trinajstić information content (AvgIpc) is 3.16. The van der Waals surface area contributed by atoms with Crippen molar-refractivity contribution in [1.29, 1.82) is 0 Å². The van der Waals surface area contributed by atoms with Gasteiger partial charge in [0.05, 0.1) is 30.9 Å². The lowest BCUT2D eigenvalue weighted by Crippen LogP contribution is -2.12. The molecule has 136 valence electrons. The molecule has 1 aliphatic heterocycles. The molecule has 0 saturated carbocycles. The highest BCUT2D eigenvalue weighted by Crippen LogP contribution is 2.24. The van der Waals surface area contributed by atoms with E-state index in [4.69, 9.17) is 9.47 Å². The van der Waals surface area contributed by atoms with E-state index in [0.717, 1.165) is 17.3 Å². The van der Waals surface area contributed by atoms with E-state index in [1.165, 1.54) is 0 Å². The number of ether oxygens (including phenoxy) is 2. The third-order valence-corrected chi connectivity index (χ3v) is 6.20. The molecular weight excluding hydrogens is 342 g/mol. The number of hydrogen-bond acceptors (Lipinski definition) is 6. The molecule has 0 radical (unpaired) electrons. The van der Waals surface area contributed by atoms with E-state index in [2.05, 4.69) is 10.1 Å². The summed E-state index contributed by atoms with van der Waals surface area (Å²) in [5, 5.41) is 4.59. The molecule has 1 unspecified atom stereocenters. The maximum atomic E-state index is 11.7. The summed E-state index contributed by atoms with van der Waals surface area (Å²) in [7, 11) is 0.365. The Morgan fingerprint density at radius 2 is 2.00 bits per heavy atom. The van der Waals surface area contributed by atoms with Gasteiger partial charge >= 0.3 is 0 Å². The third-order valence-electron chi connectivity index (χ3n) is 4.36. The molecule has 1 atom stereocenters. The fourth-order valence-electron chi connectivity index (χ4n) is 3.04. The zero-order valence-corrected chi connectivity index (χ0v) is 15.3. The topological polar surface area (TPSA) is 83.3 Å². The van der Waals surface area contributed by atoms with Crippen LogP contribution in [0.1, 0.15) is 18.1 Å². The van der Waals surface area contributed by atoms with Crippen molar-refractivity contribution in [2.24, 2.45) is 5.92 Å². The zero-order valence-electron chi connectivity index (χ0n) is 14.5. The Kier molecular flexibility index (Phi) is 5.39. The number of hydrogen-bond donors (Lipinski definition) is 0. The largest absolute Gasteiger partial charge is 0.497 e. The van der Waals surface area contributed by atoms with Crippen molar-refractivity contribution >= 4 is 9.84 Å². The summed E-state index contributed by atoms with van der Waals surface area (Å²) in [5.41, 5.74) is 0.882. The van der Waals surface area contributed by atoms with Crippen LogP contribution in [0.15, 0.2) is 24.3 Å². The Labute approximate surface area is 147 Å². The van der Waals surface area contributed by atoms with Crippen molar-refractivity contribution in [3.8, 4) is 11.4 Å². The smallest absolute Gasteiger partial charge is 0.153 e. The lowest BCUT2D eigenvalue weighted by molar-refractivity contribution is 0.200. The van der Waals surface area contributed by atoms with E-state index in [-0.39, 0.29) is 17.4 Å². The van der Waals surface area contributed by atoms with Crippen LogP contribution in [0.4, 0.5) is 0 Å². The van der Waals surface area contributed by atoms with Gasteiger partial charge in [-0.1, -0.05) is 0 Å². The van der Waals surface area contributed by atoms with E-state index >= 15 is 0 Å². The van der Waals surface area contributed by atoms with Crippen molar-refractivity contribution < 1.29 is 17.9 Å². The first-order valence-electron chi connectivity index (χ1n) is 8.29. The molecule has 0 aliphatic carbocycles. The Morgan fingerprint density at radius 3 is 2.60 bits per heavy atom. The van der Waals surface area contributed by atoms with Gasteiger partial charge in [0.25, 0.3) is 0 Å². The normalized spacial score (nSPS) is 19.2. The van der Waals surface area contributed by atoms with Crippen LogP contribution < -0.4 is 4.74 Å². The SMILES string of the molecule is COCCc1nc(CC2CCS(=O)(=O)C2)n(-c2ccc(OC)cc2)n1. The van der Waals surface area contributed by atoms with E-state index < -0.39 is 9.84 Å². The predicted octanol–water partition coefficient (Wildman–Crippen LogP) is 1.44. The van der Waals surface area contributed by atoms with Crippen LogP contribution in [0.3, 0.4) is 0 Å². The van der Waals surface area contributed by atoms with E-state index in [9.17, 15) is 8.42 Å². The van der Waals surface area contributed by atoms with Gasteiger partial charge in [-0.05, 0) is 36.6 Å². The van der Waals surface area contributed by atoms with Crippen LogP contribution in [0.25, 0.3) is 5.69 Å². The van der Waals surface area contributed by atoms with Gasteiger partial charge in [-0.25, -0.2) is 18.1 Å². The number of nitrogens with zero attached hydrogens (tertiary/aromatic N) is 3. The van der Waals surface area contributed by atoms with Crippen LogP contribution in [0.5, 0.6) is 5.75 Å². The number of sulfone groups is 1. The number of benzene rings is 1. The molecule has 0 bridgehead atoms. The Hall–Kier alpha value is -1.93. The summed E-state index contributed by atoms with van der Waals surface area (Å²) < 4.78 is 35.6. The molecule has 0 amide bonds. The molecule has 1 aromatic carbocycles. The fourth-order valence-corrected chi connectivity index (χ4v) is 4.91. The first-order chi connectivity index (χ1) is 12.0.